The minimum atomic E-state index is -1.56. The summed E-state index contributed by atoms with van der Waals surface area (Å²) in [5.41, 5.74) is 8.13. The van der Waals surface area contributed by atoms with E-state index in [-0.39, 0.29) is 18.6 Å². The molecule has 1 aromatic carbocycles. The first-order chi connectivity index (χ1) is 18.6. The zero-order valence-corrected chi connectivity index (χ0v) is 21.5. The number of carbonyl (C=O) groups is 5. The minimum absolute atomic E-state index is 0.0969. The molecule has 0 aliphatic carbocycles. The normalized spacial score (nSPS) is 14.1. The fraction of sp³-hybridized carbons (Fsp3) is 0.333. The molecule has 2 aromatic heterocycles. The first kappa shape index (κ1) is 29.2. The molecule has 0 radical (unpaired) electrons. The van der Waals surface area contributed by atoms with Gasteiger partial charge in [-0.2, -0.15) is 12.6 Å². The van der Waals surface area contributed by atoms with Crippen molar-refractivity contribution in [3.05, 3.63) is 54.2 Å². The van der Waals surface area contributed by atoms with Crippen molar-refractivity contribution in [1.29, 1.82) is 0 Å². The number of hydrogen-bond acceptors (Lipinski definition) is 8. The summed E-state index contributed by atoms with van der Waals surface area (Å²) in [5.74, 6) is -5.53. The lowest BCUT2D eigenvalue weighted by Gasteiger charge is -2.23. The molecule has 208 valence electrons. The molecule has 0 fully saturated rings. The highest BCUT2D eigenvalue weighted by atomic mass is 32.1. The van der Waals surface area contributed by atoms with Crippen LogP contribution in [0.1, 0.15) is 17.7 Å². The Kier molecular flexibility index (Phi) is 10.1. The number of aromatic nitrogens is 3. The molecule has 0 saturated heterocycles. The van der Waals surface area contributed by atoms with Crippen LogP contribution >= 0.6 is 12.6 Å². The van der Waals surface area contributed by atoms with E-state index in [1.807, 2.05) is 24.3 Å². The van der Waals surface area contributed by atoms with Crippen LogP contribution in [0.25, 0.3) is 10.9 Å². The average Bonchev–Trinajstić information content (AvgIpc) is 3.56. The van der Waals surface area contributed by atoms with Gasteiger partial charge >= 0.3 is 11.9 Å². The fourth-order valence-electron chi connectivity index (χ4n) is 3.85. The molecule has 39 heavy (non-hydrogen) atoms. The van der Waals surface area contributed by atoms with Gasteiger partial charge in [0, 0.05) is 41.2 Å². The molecule has 2 heterocycles. The van der Waals surface area contributed by atoms with Crippen LogP contribution in [0.3, 0.4) is 0 Å². The van der Waals surface area contributed by atoms with Crippen LogP contribution in [0.5, 0.6) is 0 Å². The molecular formula is C24H29N7O7S. The lowest BCUT2D eigenvalue weighted by molar-refractivity contribution is -0.143. The smallest absolute Gasteiger partial charge is 0.326 e. The van der Waals surface area contributed by atoms with E-state index < -0.39 is 60.2 Å². The van der Waals surface area contributed by atoms with Crippen molar-refractivity contribution < 1.29 is 34.2 Å². The number of hydrogen-bond donors (Lipinski definition) is 9. The molecule has 4 unspecified atom stereocenters. The highest BCUT2D eigenvalue weighted by molar-refractivity contribution is 7.80. The molecule has 0 aliphatic rings. The van der Waals surface area contributed by atoms with Crippen LogP contribution < -0.4 is 21.7 Å². The van der Waals surface area contributed by atoms with Crippen LogP contribution in [-0.4, -0.2) is 84.7 Å². The summed E-state index contributed by atoms with van der Waals surface area (Å²) in [5, 5.41) is 26.6. The van der Waals surface area contributed by atoms with Gasteiger partial charge in [0.15, 0.2) is 0 Å². The quantitative estimate of drug-likeness (QED) is 0.109. The summed E-state index contributed by atoms with van der Waals surface area (Å²) in [6, 6.07) is 2.09. The van der Waals surface area contributed by atoms with Crippen molar-refractivity contribution in [2.24, 2.45) is 5.73 Å². The number of amides is 3. The van der Waals surface area contributed by atoms with Crippen LogP contribution in [0, 0.1) is 0 Å². The molecule has 0 spiro atoms. The van der Waals surface area contributed by atoms with Crippen LogP contribution in [0.15, 0.2) is 43.0 Å². The highest BCUT2D eigenvalue weighted by Gasteiger charge is 2.31. The second kappa shape index (κ2) is 13.4. The lowest BCUT2D eigenvalue weighted by Crippen LogP contribution is -2.58. The van der Waals surface area contributed by atoms with E-state index >= 15 is 0 Å². The maximum Gasteiger partial charge on any atom is 0.326 e. The lowest BCUT2D eigenvalue weighted by atomic mass is 10.0. The predicted molar refractivity (Wildman–Crippen MR) is 142 cm³/mol. The second-order valence-corrected chi connectivity index (χ2v) is 9.12. The molecule has 3 aromatic rings. The summed E-state index contributed by atoms with van der Waals surface area (Å²) in [6.45, 7) is 0. The average molecular weight is 560 g/mol. The third-order valence-electron chi connectivity index (χ3n) is 5.87. The van der Waals surface area contributed by atoms with Crippen molar-refractivity contribution in [2.75, 3.05) is 5.75 Å². The SMILES string of the molecule is NC(Cc1c[nH]c2ccccc12)C(=O)NC(CC(=O)O)C(=O)NC(CS)C(=O)NC(Cc1cnc[nH]1)C(=O)O. The molecule has 0 aliphatic heterocycles. The number of aromatic amines is 2. The van der Waals surface area contributed by atoms with Gasteiger partial charge in [0.05, 0.1) is 18.8 Å². The number of carboxylic acids is 2. The number of imidazole rings is 1. The molecule has 9 N–H and O–H groups in total. The van der Waals surface area contributed by atoms with Crippen molar-refractivity contribution >= 4 is 53.2 Å². The number of carbonyl (C=O) groups excluding carboxylic acids is 3. The van der Waals surface area contributed by atoms with Gasteiger partial charge in [0.2, 0.25) is 17.7 Å². The zero-order chi connectivity index (χ0) is 28.5. The van der Waals surface area contributed by atoms with Crippen molar-refractivity contribution in [1.82, 2.24) is 30.9 Å². The zero-order valence-electron chi connectivity index (χ0n) is 20.6. The van der Waals surface area contributed by atoms with Crippen LogP contribution in [-0.2, 0) is 36.8 Å². The topological polar surface area (TPSA) is 232 Å². The molecule has 14 nitrogen and oxygen atoms in total. The van der Waals surface area contributed by atoms with Crippen molar-refractivity contribution in [3.8, 4) is 0 Å². The van der Waals surface area contributed by atoms with Gasteiger partial charge in [-0.3, -0.25) is 19.2 Å². The Morgan fingerprint density at radius 1 is 0.923 bits per heavy atom. The van der Waals surface area contributed by atoms with E-state index in [0.717, 1.165) is 16.5 Å². The number of nitrogens with zero attached hydrogens (tertiary/aromatic N) is 1. The third-order valence-corrected chi connectivity index (χ3v) is 6.24. The van der Waals surface area contributed by atoms with E-state index in [1.54, 1.807) is 6.20 Å². The van der Waals surface area contributed by atoms with Crippen molar-refractivity contribution in [2.45, 2.75) is 43.4 Å². The Bertz CT molecular complexity index is 1330. The van der Waals surface area contributed by atoms with E-state index in [9.17, 15) is 34.2 Å². The minimum Gasteiger partial charge on any atom is -0.481 e. The Morgan fingerprint density at radius 2 is 1.59 bits per heavy atom. The number of H-pyrrole nitrogens is 2. The number of rotatable bonds is 14. The Morgan fingerprint density at radius 3 is 2.23 bits per heavy atom. The fourth-order valence-corrected chi connectivity index (χ4v) is 4.10. The number of aliphatic carboxylic acids is 2. The first-order valence-electron chi connectivity index (χ1n) is 11.8. The monoisotopic (exact) mass is 559 g/mol. The molecule has 3 amide bonds. The largest absolute Gasteiger partial charge is 0.481 e. The standard InChI is InChI=1S/C24H29N7O7S/c25-15(5-12-8-27-16-4-2-1-3-14(12)16)21(34)29-17(7-20(32)33)22(35)31-19(10-39)23(36)30-18(24(37)38)6-13-9-26-11-28-13/h1-4,8-9,11,15,17-19,27,39H,5-7,10,25H2,(H,26,28)(H,29,34)(H,30,36)(H,31,35)(H,32,33)(H,37,38). The van der Waals surface area contributed by atoms with Gasteiger partial charge < -0.3 is 41.9 Å². The number of benzene rings is 1. The molecule has 3 rings (SSSR count). The van der Waals surface area contributed by atoms with Gasteiger partial charge in [-0.15, -0.1) is 0 Å². The number of nitrogens with two attached hydrogens (primary N) is 1. The summed E-state index contributed by atoms with van der Waals surface area (Å²) in [7, 11) is 0. The van der Waals surface area contributed by atoms with E-state index in [0.29, 0.717) is 5.69 Å². The third kappa shape index (κ3) is 8.05. The number of nitrogens with one attached hydrogen (secondary N) is 5. The molecule has 0 bridgehead atoms. The maximum absolute atomic E-state index is 12.9. The molecule has 4 atom stereocenters. The van der Waals surface area contributed by atoms with E-state index in [2.05, 4.69) is 43.5 Å². The Hall–Kier alpha value is -4.37. The Balaban J connectivity index is 1.63. The first-order valence-corrected chi connectivity index (χ1v) is 12.5. The van der Waals surface area contributed by atoms with Gasteiger partial charge in [0.1, 0.15) is 18.1 Å². The Labute approximate surface area is 227 Å². The number of thiol groups is 1. The molecular weight excluding hydrogens is 530 g/mol. The van der Waals surface area contributed by atoms with Gasteiger partial charge in [-0.25, -0.2) is 9.78 Å². The summed E-state index contributed by atoms with van der Waals surface area (Å²) >= 11 is 4.05. The van der Waals surface area contributed by atoms with Gasteiger partial charge in [0.25, 0.3) is 0 Å². The molecule has 15 heteroatoms. The van der Waals surface area contributed by atoms with Gasteiger partial charge in [-0.05, 0) is 18.1 Å². The van der Waals surface area contributed by atoms with Crippen molar-refractivity contribution in [3.63, 3.8) is 0 Å². The van der Waals surface area contributed by atoms with Gasteiger partial charge in [-0.1, -0.05) is 18.2 Å². The van der Waals surface area contributed by atoms with Crippen LogP contribution in [0.4, 0.5) is 0 Å². The van der Waals surface area contributed by atoms with Crippen LogP contribution in [0.2, 0.25) is 0 Å². The number of fused-ring (bicyclic) bond motifs is 1. The van der Waals surface area contributed by atoms with E-state index in [4.69, 9.17) is 5.73 Å². The summed E-state index contributed by atoms with van der Waals surface area (Å²) in [6.07, 6.45) is 3.71. The molecule has 0 saturated carbocycles. The number of carboxylic acid groups (broad SMARTS) is 2. The summed E-state index contributed by atoms with van der Waals surface area (Å²) < 4.78 is 0. The second-order valence-electron chi connectivity index (χ2n) is 8.75. The summed E-state index contributed by atoms with van der Waals surface area (Å²) in [4.78, 5) is 71.0. The predicted octanol–water partition coefficient (Wildman–Crippen LogP) is -1.05. The maximum atomic E-state index is 12.9. The number of para-hydroxylation sites is 1. The van der Waals surface area contributed by atoms with E-state index in [1.165, 1.54) is 12.5 Å². The highest BCUT2D eigenvalue weighted by Crippen LogP contribution is 2.18.